The predicted molar refractivity (Wildman–Crippen MR) is 36.2 cm³/mol. The molecule has 2 N–H and O–H groups in total. The van der Waals surface area contributed by atoms with Crippen LogP contribution in [0, 0.1) is 5.41 Å². The van der Waals surface area contributed by atoms with Crippen molar-refractivity contribution in [3.05, 3.63) is 12.3 Å². The Kier molecular flexibility index (Phi) is 3.94. The molecule has 2 heteroatoms. The first-order valence-corrected chi connectivity index (χ1v) is 2.69. The summed E-state index contributed by atoms with van der Waals surface area (Å²) in [6.45, 7) is 3.86. The fraction of sp³-hybridized carbons (Fsp3) is 0.500. The van der Waals surface area contributed by atoms with Crippen molar-refractivity contribution in [1.82, 2.24) is 5.32 Å². The summed E-state index contributed by atoms with van der Waals surface area (Å²) in [5.74, 6) is 0. The van der Waals surface area contributed by atoms with Crippen LogP contribution in [0.25, 0.3) is 0 Å². The Hall–Kier alpha value is -0.790. The first-order chi connectivity index (χ1) is 3.81. The second-order valence-corrected chi connectivity index (χ2v) is 1.62. The van der Waals surface area contributed by atoms with E-state index in [-0.39, 0.29) is 6.04 Å². The topological polar surface area (TPSA) is 35.9 Å². The summed E-state index contributed by atoms with van der Waals surface area (Å²) in [4.78, 5) is 0. The molecule has 8 heavy (non-hydrogen) atoms. The van der Waals surface area contributed by atoms with Crippen molar-refractivity contribution in [2.45, 2.75) is 19.9 Å². The molecule has 0 aromatic rings. The van der Waals surface area contributed by atoms with E-state index in [0.29, 0.717) is 0 Å². The highest BCUT2D eigenvalue weighted by molar-refractivity contribution is 5.60. The first kappa shape index (κ1) is 7.21. The number of nitrogens with one attached hydrogen (secondary N) is 2. The van der Waals surface area contributed by atoms with Crippen LogP contribution in [0.15, 0.2) is 12.3 Å². The van der Waals surface area contributed by atoms with Gasteiger partial charge in [-0.1, -0.05) is 6.08 Å². The molecule has 0 aliphatic carbocycles. The molecule has 0 spiro atoms. The Bertz CT molecular complexity index is 86.5. The minimum Gasteiger partial charge on any atom is -0.384 e. The Labute approximate surface area is 50.1 Å². The minimum absolute atomic E-state index is 0.159. The molecule has 0 aromatic heterocycles. The highest BCUT2D eigenvalue weighted by atomic mass is 14.9. The van der Waals surface area contributed by atoms with E-state index in [1.165, 1.54) is 6.21 Å². The van der Waals surface area contributed by atoms with Crippen molar-refractivity contribution >= 4 is 6.21 Å². The molecule has 1 atom stereocenters. The van der Waals surface area contributed by atoms with E-state index in [9.17, 15) is 0 Å². The van der Waals surface area contributed by atoms with Gasteiger partial charge in [-0.15, -0.1) is 0 Å². The average Bonchev–Trinajstić information content (AvgIpc) is 1.83. The van der Waals surface area contributed by atoms with Gasteiger partial charge in [0.15, 0.2) is 0 Å². The minimum atomic E-state index is 0.159. The van der Waals surface area contributed by atoms with Crippen LogP contribution in [0.4, 0.5) is 0 Å². The molecule has 0 radical (unpaired) electrons. The van der Waals surface area contributed by atoms with Gasteiger partial charge in [0.25, 0.3) is 0 Å². The van der Waals surface area contributed by atoms with Gasteiger partial charge >= 0.3 is 0 Å². The average molecular weight is 112 g/mol. The molecule has 0 aliphatic rings. The van der Waals surface area contributed by atoms with E-state index in [0.717, 1.165) is 0 Å². The van der Waals surface area contributed by atoms with Crippen LogP contribution in [0.3, 0.4) is 0 Å². The fourth-order valence-corrected chi connectivity index (χ4v) is 0.296. The van der Waals surface area contributed by atoms with E-state index in [1.807, 2.05) is 26.1 Å². The smallest absolute Gasteiger partial charge is 0.0575 e. The lowest BCUT2D eigenvalue weighted by Crippen LogP contribution is -2.20. The highest BCUT2D eigenvalue weighted by Crippen LogP contribution is 1.72. The number of hydrogen-bond donors (Lipinski definition) is 2. The molecule has 2 nitrogen and oxygen atoms in total. The Balaban J connectivity index is 3.23. The van der Waals surface area contributed by atoms with Crippen LogP contribution in [0.2, 0.25) is 0 Å². The molecule has 0 saturated carbocycles. The van der Waals surface area contributed by atoms with Crippen molar-refractivity contribution < 1.29 is 0 Å². The lowest BCUT2D eigenvalue weighted by atomic mass is 10.4. The van der Waals surface area contributed by atoms with Crippen molar-refractivity contribution in [1.29, 1.82) is 5.41 Å². The predicted octanol–water partition coefficient (Wildman–Crippen LogP) is 1.15. The van der Waals surface area contributed by atoms with Crippen LogP contribution in [-0.2, 0) is 0 Å². The van der Waals surface area contributed by atoms with E-state index in [2.05, 4.69) is 5.32 Å². The van der Waals surface area contributed by atoms with Gasteiger partial charge < -0.3 is 10.7 Å². The highest BCUT2D eigenvalue weighted by Gasteiger charge is 1.85. The maximum absolute atomic E-state index is 6.77. The van der Waals surface area contributed by atoms with E-state index < -0.39 is 0 Å². The Morgan fingerprint density at radius 2 is 2.25 bits per heavy atom. The van der Waals surface area contributed by atoms with Crippen molar-refractivity contribution in [2.24, 2.45) is 0 Å². The third-order valence-electron chi connectivity index (χ3n) is 0.776. The van der Waals surface area contributed by atoms with Gasteiger partial charge in [-0.2, -0.15) is 0 Å². The van der Waals surface area contributed by atoms with Crippen LogP contribution in [-0.4, -0.2) is 12.3 Å². The SMILES string of the molecule is C/C=C/NC(C)C=N. The summed E-state index contributed by atoms with van der Waals surface area (Å²) in [6, 6.07) is 0.159. The first-order valence-electron chi connectivity index (χ1n) is 2.69. The van der Waals surface area contributed by atoms with Gasteiger partial charge in [0.2, 0.25) is 0 Å². The van der Waals surface area contributed by atoms with Gasteiger partial charge in [-0.25, -0.2) is 0 Å². The molecule has 0 heterocycles. The van der Waals surface area contributed by atoms with Crippen LogP contribution in [0.5, 0.6) is 0 Å². The number of allylic oxidation sites excluding steroid dienone is 1. The third-order valence-corrected chi connectivity index (χ3v) is 0.776. The van der Waals surface area contributed by atoms with Gasteiger partial charge in [-0.05, 0) is 20.0 Å². The quantitative estimate of drug-likeness (QED) is 0.528. The van der Waals surface area contributed by atoms with E-state index >= 15 is 0 Å². The summed E-state index contributed by atoms with van der Waals surface area (Å²) in [5.41, 5.74) is 0. The molecular weight excluding hydrogens is 100 g/mol. The maximum Gasteiger partial charge on any atom is 0.0575 e. The number of hydrogen-bond acceptors (Lipinski definition) is 2. The second kappa shape index (κ2) is 4.37. The van der Waals surface area contributed by atoms with Gasteiger partial charge in [0.05, 0.1) is 6.04 Å². The summed E-state index contributed by atoms with van der Waals surface area (Å²) in [6.07, 6.45) is 5.09. The van der Waals surface area contributed by atoms with Gasteiger partial charge in [0.1, 0.15) is 0 Å². The standard InChI is InChI=1S/C6H12N2/c1-3-4-8-6(2)5-7/h3-8H,1-2H3/b4-3+,7-5?. The molecule has 0 saturated heterocycles. The lowest BCUT2D eigenvalue weighted by molar-refractivity contribution is 0.816. The number of rotatable bonds is 3. The molecule has 46 valence electrons. The second-order valence-electron chi connectivity index (χ2n) is 1.62. The summed E-state index contributed by atoms with van der Waals surface area (Å²) in [7, 11) is 0. The van der Waals surface area contributed by atoms with Crippen molar-refractivity contribution in [2.75, 3.05) is 0 Å². The summed E-state index contributed by atoms with van der Waals surface area (Å²) >= 11 is 0. The third kappa shape index (κ3) is 3.40. The molecule has 0 bridgehead atoms. The normalized spacial score (nSPS) is 13.8. The molecule has 0 aliphatic heterocycles. The maximum atomic E-state index is 6.77. The van der Waals surface area contributed by atoms with E-state index in [4.69, 9.17) is 5.41 Å². The molecule has 0 amide bonds. The largest absolute Gasteiger partial charge is 0.384 e. The molecule has 0 fully saturated rings. The zero-order chi connectivity index (χ0) is 6.41. The zero-order valence-corrected chi connectivity index (χ0v) is 5.31. The van der Waals surface area contributed by atoms with Gasteiger partial charge in [0, 0.05) is 6.21 Å². The van der Waals surface area contributed by atoms with Crippen LogP contribution in [0.1, 0.15) is 13.8 Å². The van der Waals surface area contributed by atoms with Crippen molar-refractivity contribution in [3.8, 4) is 0 Å². The summed E-state index contributed by atoms with van der Waals surface area (Å²) < 4.78 is 0. The van der Waals surface area contributed by atoms with Gasteiger partial charge in [-0.3, -0.25) is 0 Å². The monoisotopic (exact) mass is 112 g/mol. The molecule has 0 rings (SSSR count). The summed E-state index contributed by atoms with van der Waals surface area (Å²) in [5, 5.41) is 9.72. The van der Waals surface area contributed by atoms with Crippen molar-refractivity contribution in [3.63, 3.8) is 0 Å². The van der Waals surface area contributed by atoms with Crippen LogP contribution < -0.4 is 5.32 Å². The van der Waals surface area contributed by atoms with Crippen LogP contribution >= 0.6 is 0 Å². The van der Waals surface area contributed by atoms with E-state index in [1.54, 1.807) is 0 Å². The Morgan fingerprint density at radius 1 is 1.62 bits per heavy atom. The molecular formula is C6H12N2. The lowest BCUT2D eigenvalue weighted by Gasteiger charge is -2.01. The molecule has 0 aromatic carbocycles. The molecule has 1 unspecified atom stereocenters. The fourth-order valence-electron chi connectivity index (χ4n) is 0.296. The zero-order valence-electron chi connectivity index (χ0n) is 5.31. The Morgan fingerprint density at radius 3 is 2.62 bits per heavy atom.